The van der Waals surface area contributed by atoms with Crippen molar-refractivity contribution in [2.24, 2.45) is 5.84 Å². The van der Waals surface area contributed by atoms with Gasteiger partial charge in [0, 0.05) is 27.6 Å². The summed E-state index contributed by atoms with van der Waals surface area (Å²) in [7, 11) is 0. The van der Waals surface area contributed by atoms with E-state index in [0.717, 1.165) is 11.3 Å². The summed E-state index contributed by atoms with van der Waals surface area (Å²) in [6.07, 6.45) is 0. The van der Waals surface area contributed by atoms with E-state index in [1.807, 2.05) is 25.1 Å². The molecule has 0 aliphatic carbocycles. The van der Waals surface area contributed by atoms with E-state index in [1.165, 1.54) is 11.8 Å². The van der Waals surface area contributed by atoms with Crippen LogP contribution >= 0.6 is 35.0 Å². The van der Waals surface area contributed by atoms with Gasteiger partial charge in [-0.1, -0.05) is 41.0 Å². The van der Waals surface area contributed by atoms with Crippen molar-refractivity contribution in [3.63, 3.8) is 0 Å². The minimum Gasteiger partial charge on any atom is -0.308 e. The number of hydrazine groups is 1. The third-order valence-corrected chi connectivity index (χ3v) is 4.55. The SMILES string of the molecule is Cc1cc(NN)n2nc(SCc3c(Cl)cccc3Cl)nc2n1. The first kappa shape index (κ1) is 15.4. The van der Waals surface area contributed by atoms with Crippen LogP contribution in [0, 0.1) is 6.92 Å². The number of rotatable bonds is 4. The number of nitrogens with two attached hydrogens (primary N) is 1. The Balaban J connectivity index is 1.89. The van der Waals surface area contributed by atoms with E-state index in [-0.39, 0.29) is 0 Å². The van der Waals surface area contributed by atoms with Gasteiger partial charge in [-0.25, -0.2) is 10.8 Å². The van der Waals surface area contributed by atoms with Gasteiger partial charge in [0.25, 0.3) is 5.78 Å². The first-order chi connectivity index (χ1) is 10.6. The van der Waals surface area contributed by atoms with Crippen LogP contribution in [0.4, 0.5) is 5.82 Å². The molecule has 1 aromatic carbocycles. The molecule has 3 rings (SSSR count). The number of nitrogens with zero attached hydrogens (tertiary/aromatic N) is 4. The van der Waals surface area contributed by atoms with E-state index in [0.29, 0.717) is 32.6 Å². The molecule has 3 aromatic rings. The molecule has 0 spiro atoms. The molecule has 0 unspecified atom stereocenters. The molecule has 0 amide bonds. The summed E-state index contributed by atoms with van der Waals surface area (Å²) < 4.78 is 1.56. The van der Waals surface area contributed by atoms with Crippen LogP contribution < -0.4 is 11.3 Å². The standard InChI is InChI=1S/C13H12Cl2N6S/c1-7-5-11(19-16)21-12(17-7)18-13(20-21)22-6-8-9(14)3-2-4-10(8)15/h2-5,19H,6,16H2,1H3. The molecule has 0 bridgehead atoms. The van der Waals surface area contributed by atoms with Crippen LogP contribution in [0.25, 0.3) is 5.78 Å². The van der Waals surface area contributed by atoms with Gasteiger partial charge in [-0.3, -0.25) is 0 Å². The van der Waals surface area contributed by atoms with Gasteiger partial charge in [-0.2, -0.15) is 9.50 Å². The zero-order valence-corrected chi connectivity index (χ0v) is 13.9. The number of anilines is 1. The van der Waals surface area contributed by atoms with Crippen molar-refractivity contribution in [1.82, 2.24) is 19.6 Å². The van der Waals surface area contributed by atoms with Crippen LogP contribution in [0.2, 0.25) is 10.0 Å². The summed E-state index contributed by atoms with van der Waals surface area (Å²) in [5.74, 6) is 7.17. The number of hydrogen-bond acceptors (Lipinski definition) is 6. The Morgan fingerprint density at radius 2 is 2.00 bits per heavy atom. The molecule has 0 aliphatic rings. The number of benzene rings is 1. The Kier molecular flexibility index (Phi) is 4.39. The largest absolute Gasteiger partial charge is 0.308 e. The highest BCUT2D eigenvalue weighted by Gasteiger charge is 2.12. The average molecular weight is 355 g/mol. The topological polar surface area (TPSA) is 81.1 Å². The lowest BCUT2D eigenvalue weighted by atomic mass is 10.2. The number of nitrogens with one attached hydrogen (secondary N) is 1. The first-order valence-electron chi connectivity index (χ1n) is 6.35. The normalized spacial score (nSPS) is 11.1. The molecule has 0 fully saturated rings. The summed E-state index contributed by atoms with van der Waals surface area (Å²) in [5.41, 5.74) is 4.25. The van der Waals surface area contributed by atoms with Gasteiger partial charge >= 0.3 is 0 Å². The third kappa shape index (κ3) is 2.98. The van der Waals surface area contributed by atoms with Gasteiger partial charge in [-0.15, -0.1) is 5.10 Å². The Bertz CT molecular complexity index is 815. The van der Waals surface area contributed by atoms with E-state index >= 15 is 0 Å². The maximum absolute atomic E-state index is 6.16. The molecule has 0 atom stereocenters. The lowest BCUT2D eigenvalue weighted by Crippen LogP contribution is -2.12. The van der Waals surface area contributed by atoms with Crippen LogP contribution in [0.5, 0.6) is 0 Å². The van der Waals surface area contributed by atoms with E-state index < -0.39 is 0 Å². The molecule has 0 aliphatic heterocycles. The van der Waals surface area contributed by atoms with Crippen molar-refractivity contribution in [2.45, 2.75) is 17.8 Å². The minimum atomic E-state index is 0.487. The fourth-order valence-corrected chi connectivity index (χ4v) is 3.50. The van der Waals surface area contributed by atoms with Crippen LogP contribution in [0.15, 0.2) is 29.4 Å². The molecule has 2 heterocycles. The van der Waals surface area contributed by atoms with Crippen LogP contribution in [-0.4, -0.2) is 19.6 Å². The smallest absolute Gasteiger partial charge is 0.255 e. The third-order valence-electron chi connectivity index (χ3n) is 2.98. The second-order valence-electron chi connectivity index (χ2n) is 4.52. The van der Waals surface area contributed by atoms with Gasteiger partial charge in [0.1, 0.15) is 5.82 Å². The summed E-state index contributed by atoms with van der Waals surface area (Å²) in [4.78, 5) is 8.70. The molecule has 2 aromatic heterocycles. The van der Waals surface area contributed by atoms with Gasteiger partial charge < -0.3 is 5.43 Å². The van der Waals surface area contributed by atoms with Crippen LogP contribution in [0.1, 0.15) is 11.3 Å². The second-order valence-corrected chi connectivity index (χ2v) is 6.28. The highest BCUT2D eigenvalue weighted by molar-refractivity contribution is 7.98. The second kappa shape index (κ2) is 6.29. The lowest BCUT2D eigenvalue weighted by Gasteiger charge is -2.04. The van der Waals surface area contributed by atoms with Crippen molar-refractivity contribution in [2.75, 3.05) is 5.43 Å². The quantitative estimate of drug-likeness (QED) is 0.425. The minimum absolute atomic E-state index is 0.487. The number of hydrogen-bond donors (Lipinski definition) is 2. The molecular weight excluding hydrogens is 343 g/mol. The molecule has 0 saturated carbocycles. The predicted molar refractivity (Wildman–Crippen MR) is 89.4 cm³/mol. The number of aryl methyl sites for hydroxylation is 1. The molecular formula is C13H12Cl2N6S. The fraction of sp³-hybridized carbons (Fsp3) is 0.154. The summed E-state index contributed by atoms with van der Waals surface area (Å²) in [6, 6.07) is 7.22. The summed E-state index contributed by atoms with van der Waals surface area (Å²) in [6.45, 7) is 1.87. The first-order valence-corrected chi connectivity index (χ1v) is 8.09. The Hall–Kier alpha value is -1.54. The molecule has 0 saturated heterocycles. The summed E-state index contributed by atoms with van der Waals surface area (Å²) >= 11 is 13.8. The molecule has 0 radical (unpaired) electrons. The van der Waals surface area contributed by atoms with Crippen molar-refractivity contribution in [1.29, 1.82) is 0 Å². The Labute approximate surface area is 141 Å². The monoisotopic (exact) mass is 354 g/mol. The fourth-order valence-electron chi connectivity index (χ4n) is 1.94. The Morgan fingerprint density at radius 1 is 1.27 bits per heavy atom. The predicted octanol–water partition coefficient (Wildman–Crippen LogP) is 3.32. The van der Waals surface area contributed by atoms with Crippen molar-refractivity contribution in [3.8, 4) is 0 Å². The van der Waals surface area contributed by atoms with E-state index in [1.54, 1.807) is 10.6 Å². The van der Waals surface area contributed by atoms with Crippen LogP contribution in [0.3, 0.4) is 0 Å². The highest BCUT2D eigenvalue weighted by Crippen LogP contribution is 2.30. The number of aromatic nitrogens is 4. The Morgan fingerprint density at radius 3 is 2.68 bits per heavy atom. The molecule has 22 heavy (non-hydrogen) atoms. The van der Waals surface area contributed by atoms with E-state index in [9.17, 15) is 0 Å². The number of halogens is 2. The molecule has 3 N–H and O–H groups in total. The highest BCUT2D eigenvalue weighted by atomic mass is 35.5. The van der Waals surface area contributed by atoms with Gasteiger partial charge in [0.2, 0.25) is 5.16 Å². The van der Waals surface area contributed by atoms with Gasteiger partial charge in [0.15, 0.2) is 0 Å². The van der Waals surface area contributed by atoms with Crippen molar-refractivity contribution in [3.05, 3.63) is 45.6 Å². The molecule has 6 nitrogen and oxygen atoms in total. The zero-order chi connectivity index (χ0) is 15.7. The number of nitrogen functional groups attached to an aromatic ring is 1. The maximum Gasteiger partial charge on any atom is 0.255 e. The van der Waals surface area contributed by atoms with Crippen molar-refractivity contribution >= 4 is 46.6 Å². The zero-order valence-electron chi connectivity index (χ0n) is 11.5. The maximum atomic E-state index is 6.16. The van der Waals surface area contributed by atoms with Crippen LogP contribution in [-0.2, 0) is 5.75 Å². The van der Waals surface area contributed by atoms with Gasteiger partial charge in [-0.05, 0) is 24.6 Å². The van der Waals surface area contributed by atoms with E-state index in [2.05, 4.69) is 20.5 Å². The van der Waals surface area contributed by atoms with Crippen molar-refractivity contribution < 1.29 is 0 Å². The molecule has 9 heteroatoms. The number of thioether (sulfide) groups is 1. The average Bonchev–Trinajstić information content (AvgIpc) is 2.88. The van der Waals surface area contributed by atoms with E-state index in [4.69, 9.17) is 29.0 Å². The number of fused-ring (bicyclic) bond motifs is 1. The summed E-state index contributed by atoms with van der Waals surface area (Å²) in [5, 5.41) is 6.20. The van der Waals surface area contributed by atoms with Gasteiger partial charge in [0.05, 0.1) is 0 Å². The molecule has 114 valence electrons. The lowest BCUT2D eigenvalue weighted by molar-refractivity contribution is 0.875.